The number of rotatable bonds is 4. The summed E-state index contributed by atoms with van der Waals surface area (Å²) >= 11 is 0. The van der Waals surface area contributed by atoms with Crippen LogP contribution in [0.25, 0.3) is 11.0 Å². The number of amides is 1. The van der Waals surface area contributed by atoms with Gasteiger partial charge in [0.05, 0.1) is 39.7 Å². The molecule has 2 N–H and O–H groups in total. The van der Waals surface area contributed by atoms with Crippen LogP contribution in [0.1, 0.15) is 52.1 Å². The number of imidazole rings is 1. The summed E-state index contributed by atoms with van der Waals surface area (Å²) in [4.78, 5) is 20.8. The molecule has 1 aromatic heterocycles. The average molecular weight is 417 g/mol. The molecule has 154 valence electrons. The van der Waals surface area contributed by atoms with E-state index in [1.807, 2.05) is 42.5 Å². The Labute approximate surface area is 185 Å². The van der Waals surface area contributed by atoms with Crippen LogP contribution in [0.2, 0.25) is 0 Å². The molecule has 0 saturated heterocycles. The molecule has 0 radical (unpaired) electrons. The summed E-state index contributed by atoms with van der Waals surface area (Å²) < 4.78 is 0. The third kappa shape index (κ3) is 3.29. The molecular weight excluding hydrogens is 398 g/mol. The van der Waals surface area contributed by atoms with Gasteiger partial charge in [-0.2, -0.15) is 10.5 Å². The lowest BCUT2D eigenvalue weighted by Gasteiger charge is -2.40. The topological polar surface area (TPSA) is 105 Å². The van der Waals surface area contributed by atoms with E-state index >= 15 is 0 Å². The van der Waals surface area contributed by atoms with E-state index in [0.29, 0.717) is 22.4 Å². The van der Waals surface area contributed by atoms with Crippen LogP contribution in [0.15, 0.2) is 66.7 Å². The fourth-order valence-electron chi connectivity index (χ4n) is 4.30. The lowest BCUT2D eigenvalue weighted by molar-refractivity contribution is 0.102. The maximum atomic E-state index is 12.5. The summed E-state index contributed by atoms with van der Waals surface area (Å²) in [6.07, 6.45) is 3.10. The minimum absolute atomic E-state index is 0.185. The number of nitriles is 2. The zero-order valence-corrected chi connectivity index (χ0v) is 17.2. The number of anilines is 1. The Morgan fingerprint density at radius 2 is 1.72 bits per heavy atom. The summed E-state index contributed by atoms with van der Waals surface area (Å²) in [7, 11) is 0. The highest BCUT2D eigenvalue weighted by molar-refractivity contribution is 6.04. The highest BCUT2D eigenvalue weighted by Crippen LogP contribution is 2.48. The number of carbonyl (C=O) groups is 1. The number of nitrogens with zero attached hydrogens (tertiary/aromatic N) is 3. The predicted octanol–water partition coefficient (Wildman–Crippen LogP) is 5.03. The third-order valence-electron chi connectivity index (χ3n) is 6.22. The summed E-state index contributed by atoms with van der Waals surface area (Å²) in [6, 6.07) is 24.2. The first kappa shape index (κ1) is 19.5. The number of H-pyrrole nitrogens is 1. The van der Waals surface area contributed by atoms with Crippen molar-refractivity contribution in [2.75, 3.05) is 5.32 Å². The second-order valence-corrected chi connectivity index (χ2v) is 8.09. The molecule has 1 amide bonds. The molecule has 0 bridgehead atoms. The predicted molar refractivity (Wildman–Crippen MR) is 121 cm³/mol. The molecule has 32 heavy (non-hydrogen) atoms. The van der Waals surface area contributed by atoms with Crippen LogP contribution in [-0.2, 0) is 5.41 Å². The summed E-state index contributed by atoms with van der Waals surface area (Å²) in [5.41, 5.74) is 4.88. The molecule has 1 saturated carbocycles. The van der Waals surface area contributed by atoms with Crippen molar-refractivity contribution in [2.24, 2.45) is 0 Å². The van der Waals surface area contributed by atoms with Crippen molar-refractivity contribution in [3.63, 3.8) is 0 Å². The minimum atomic E-state index is -0.251. The van der Waals surface area contributed by atoms with Crippen LogP contribution in [0.5, 0.6) is 0 Å². The van der Waals surface area contributed by atoms with Crippen molar-refractivity contribution in [2.45, 2.75) is 24.7 Å². The van der Waals surface area contributed by atoms with E-state index in [2.05, 4.69) is 16.4 Å². The standard InChI is InChI=1S/C26H19N5O/c27-15-17-3-1-4-19(13-17)24(32)29-21-8-6-20(7-9-21)26(11-2-12-26)25-30-22-10-5-18(16-28)14-23(22)31-25/h1,3-10,13-14H,2,11-12H2,(H,29,32)(H,30,31). The molecule has 1 fully saturated rings. The summed E-state index contributed by atoms with van der Waals surface area (Å²) in [5, 5.41) is 21.1. The molecule has 1 aliphatic rings. The maximum absolute atomic E-state index is 12.5. The number of nitrogens with one attached hydrogen (secondary N) is 2. The second-order valence-electron chi connectivity index (χ2n) is 8.09. The normalized spacial score (nSPS) is 14.2. The fraction of sp³-hybridized carbons (Fsp3) is 0.154. The zero-order valence-electron chi connectivity index (χ0n) is 17.2. The first-order chi connectivity index (χ1) is 15.6. The lowest BCUT2D eigenvalue weighted by atomic mass is 9.64. The van der Waals surface area contributed by atoms with Gasteiger partial charge in [0.1, 0.15) is 5.82 Å². The molecule has 0 unspecified atom stereocenters. The number of hydrogen-bond acceptors (Lipinski definition) is 4. The van der Waals surface area contributed by atoms with Crippen molar-refractivity contribution in [1.82, 2.24) is 9.97 Å². The summed E-state index contributed by atoms with van der Waals surface area (Å²) in [6.45, 7) is 0. The Kier molecular flexibility index (Phi) is 4.69. The maximum Gasteiger partial charge on any atom is 0.255 e. The van der Waals surface area contributed by atoms with Gasteiger partial charge in [0.2, 0.25) is 0 Å². The van der Waals surface area contributed by atoms with E-state index < -0.39 is 0 Å². The fourth-order valence-corrected chi connectivity index (χ4v) is 4.30. The van der Waals surface area contributed by atoms with Crippen LogP contribution in [0.3, 0.4) is 0 Å². The number of aromatic nitrogens is 2. The highest BCUT2D eigenvalue weighted by atomic mass is 16.1. The van der Waals surface area contributed by atoms with Crippen molar-refractivity contribution >= 4 is 22.6 Å². The van der Waals surface area contributed by atoms with Crippen LogP contribution in [-0.4, -0.2) is 15.9 Å². The van der Waals surface area contributed by atoms with Crippen molar-refractivity contribution in [3.05, 3.63) is 94.8 Å². The average Bonchev–Trinajstić information content (AvgIpc) is 3.22. The van der Waals surface area contributed by atoms with Gasteiger partial charge in [0.25, 0.3) is 5.91 Å². The zero-order chi connectivity index (χ0) is 22.1. The van der Waals surface area contributed by atoms with Gasteiger partial charge in [-0.3, -0.25) is 4.79 Å². The molecule has 1 aliphatic carbocycles. The van der Waals surface area contributed by atoms with E-state index in [1.54, 1.807) is 30.3 Å². The minimum Gasteiger partial charge on any atom is -0.341 e. The molecule has 0 aliphatic heterocycles. The molecule has 1 heterocycles. The molecule has 0 spiro atoms. The third-order valence-corrected chi connectivity index (χ3v) is 6.22. The summed E-state index contributed by atoms with van der Waals surface area (Å²) in [5.74, 6) is 0.665. The quantitative estimate of drug-likeness (QED) is 0.486. The molecule has 3 aromatic carbocycles. The SMILES string of the molecule is N#Cc1cccc(C(=O)Nc2ccc(C3(c4nc5ccc(C#N)cc5[nH]4)CCC3)cc2)c1. The van der Waals surface area contributed by atoms with Crippen molar-refractivity contribution < 1.29 is 4.79 Å². The van der Waals surface area contributed by atoms with E-state index in [1.165, 1.54) is 0 Å². The molecule has 5 rings (SSSR count). The van der Waals surface area contributed by atoms with E-state index in [-0.39, 0.29) is 11.3 Å². The smallest absolute Gasteiger partial charge is 0.255 e. The van der Waals surface area contributed by atoms with E-state index in [4.69, 9.17) is 15.5 Å². The Morgan fingerprint density at radius 3 is 2.41 bits per heavy atom. The van der Waals surface area contributed by atoms with Gasteiger partial charge in [0, 0.05) is 11.3 Å². The second kappa shape index (κ2) is 7.68. The Hall–Kier alpha value is -4.42. The van der Waals surface area contributed by atoms with Crippen LogP contribution in [0, 0.1) is 22.7 Å². The molecular formula is C26H19N5O. The number of aromatic amines is 1. The van der Waals surface area contributed by atoms with Crippen molar-refractivity contribution in [3.8, 4) is 12.1 Å². The molecule has 0 atom stereocenters. The van der Waals surface area contributed by atoms with Crippen LogP contribution >= 0.6 is 0 Å². The largest absolute Gasteiger partial charge is 0.341 e. The number of fused-ring (bicyclic) bond motifs is 1. The monoisotopic (exact) mass is 417 g/mol. The van der Waals surface area contributed by atoms with Gasteiger partial charge in [0.15, 0.2) is 0 Å². The van der Waals surface area contributed by atoms with Gasteiger partial charge in [-0.15, -0.1) is 0 Å². The van der Waals surface area contributed by atoms with Crippen LogP contribution in [0.4, 0.5) is 5.69 Å². The first-order valence-electron chi connectivity index (χ1n) is 10.4. The Balaban J connectivity index is 1.40. The van der Waals surface area contributed by atoms with Gasteiger partial charge in [-0.25, -0.2) is 4.98 Å². The van der Waals surface area contributed by atoms with E-state index in [9.17, 15) is 4.79 Å². The Bertz CT molecular complexity index is 1420. The van der Waals surface area contributed by atoms with Crippen LogP contribution < -0.4 is 5.32 Å². The number of benzene rings is 3. The van der Waals surface area contributed by atoms with Crippen molar-refractivity contribution in [1.29, 1.82) is 10.5 Å². The molecule has 4 aromatic rings. The molecule has 6 nitrogen and oxygen atoms in total. The van der Waals surface area contributed by atoms with E-state index in [0.717, 1.165) is 41.7 Å². The first-order valence-corrected chi connectivity index (χ1v) is 10.4. The van der Waals surface area contributed by atoms with Gasteiger partial charge >= 0.3 is 0 Å². The Morgan fingerprint density at radius 1 is 0.969 bits per heavy atom. The lowest BCUT2D eigenvalue weighted by Crippen LogP contribution is -2.36. The van der Waals surface area contributed by atoms with Gasteiger partial charge in [-0.1, -0.05) is 24.6 Å². The van der Waals surface area contributed by atoms with Gasteiger partial charge in [-0.05, 0) is 66.9 Å². The van der Waals surface area contributed by atoms with Gasteiger partial charge < -0.3 is 10.3 Å². The highest BCUT2D eigenvalue weighted by Gasteiger charge is 2.43. The molecule has 6 heteroatoms. The number of hydrogen-bond donors (Lipinski definition) is 2. The number of carbonyl (C=O) groups excluding carboxylic acids is 1.